The van der Waals surface area contributed by atoms with Crippen LogP contribution < -0.4 is 0 Å². The first kappa shape index (κ1) is 15.4. The standard InChI is InChI=1S/C9H16Br3O2/c1-2-13-3-4-14-8-9(5-10,6-11)7-12/h2H,3-8H2,1H3. The van der Waals surface area contributed by atoms with Crippen LogP contribution in [-0.2, 0) is 9.47 Å². The molecule has 0 fully saturated rings. The number of ether oxygens (including phenoxy) is 2. The summed E-state index contributed by atoms with van der Waals surface area (Å²) in [6, 6.07) is 0. The summed E-state index contributed by atoms with van der Waals surface area (Å²) < 4.78 is 10.6. The number of hydrogen-bond donors (Lipinski definition) is 0. The first-order valence-electron chi connectivity index (χ1n) is 4.40. The molecule has 1 radical (unpaired) electrons. The van der Waals surface area contributed by atoms with Crippen LogP contribution in [0.5, 0.6) is 0 Å². The minimum atomic E-state index is 0.135. The number of alkyl halides is 3. The van der Waals surface area contributed by atoms with E-state index in [1.54, 1.807) is 6.61 Å². The highest BCUT2D eigenvalue weighted by molar-refractivity contribution is 9.10. The SMILES string of the molecule is C[CH]OCCOCC(CBr)(CBr)CBr. The lowest BCUT2D eigenvalue weighted by atomic mass is 9.98. The third kappa shape index (κ3) is 6.05. The Bertz CT molecular complexity index is 121. The Morgan fingerprint density at radius 3 is 2.07 bits per heavy atom. The third-order valence-corrected chi connectivity index (χ3v) is 5.34. The van der Waals surface area contributed by atoms with Crippen LogP contribution in [0.1, 0.15) is 6.92 Å². The minimum absolute atomic E-state index is 0.135. The van der Waals surface area contributed by atoms with E-state index in [-0.39, 0.29) is 5.41 Å². The van der Waals surface area contributed by atoms with Gasteiger partial charge >= 0.3 is 0 Å². The van der Waals surface area contributed by atoms with Crippen molar-refractivity contribution in [1.82, 2.24) is 0 Å². The van der Waals surface area contributed by atoms with Crippen LogP contribution in [0.15, 0.2) is 0 Å². The van der Waals surface area contributed by atoms with Gasteiger partial charge in [0.1, 0.15) is 0 Å². The van der Waals surface area contributed by atoms with Crippen molar-refractivity contribution < 1.29 is 9.47 Å². The van der Waals surface area contributed by atoms with Gasteiger partial charge in [-0.2, -0.15) is 0 Å². The Kier molecular flexibility index (Phi) is 10.5. The van der Waals surface area contributed by atoms with E-state index in [1.165, 1.54) is 0 Å². The highest BCUT2D eigenvalue weighted by atomic mass is 79.9. The monoisotopic (exact) mass is 393 g/mol. The first-order chi connectivity index (χ1) is 6.74. The molecule has 0 amide bonds. The topological polar surface area (TPSA) is 18.5 Å². The summed E-state index contributed by atoms with van der Waals surface area (Å²) in [5, 5.41) is 2.74. The van der Waals surface area contributed by atoms with Gasteiger partial charge < -0.3 is 9.47 Å². The fraction of sp³-hybridized carbons (Fsp3) is 0.889. The smallest absolute Gasteiger partial charge is 0.0807 e. The molecule has 0 aliphatic rings. The quantitative estimate of drug-likeness (QED) is 0.440. The van der Waals surface area contributed by atoms with Gasteiger partial charge in [0.15, 0.2) is 0 Å². The molecule has 0 aromatic heterocycles. The van der Waals surface area contributed by atoms with E-state index < -0.39 is 0 Å². The second-order valence-electron chi connectivity index (χ2n) is 3.06. The second kappa shape index (κ2) is 9.58. The van der Waals surface area contributed by atoms with E-state index in [9.17, 15) is 0 Å². The van der Waals surface area contributed by atoms with Gasteiger partial charge in [0.05, 0.1) is 26.4 Å². The Morgan fingerprint density at radius 2 is 1.64 bits per heavy atom. The summed E-state index contributed by atoms with van der Waals surface area (Å²) in [6.45, 7) is 5.52. The lowest BCUT2D eigenvalue weighted by Crippen LogP contribution is -2.33. The second-order valence-corrected chi connectivity index (χ2v) is 4.74. The highest BCUT2D eigenvalue weighted by Gasteiger charge is 2.26. The molecule has 0 aromatic carbocycles. The lowest BCUT2D eigenvalue weighted by Gasteiger charge is -2.27. The molecule has 85 valence electrons. The van der Waals surface area contributed by atoms with Gasteiger partial charge in [-0.1, -0.05) is 47.8 Å². The molecule has 0 atom stereocenters. The van der Waals surface area contributed by atoms with Crippen LogP contribution in [-0.4, -0.2) is 35.8 Å². The molecule has 0 saturated heterocycles. The molecule has 0 spiro atoms. The van der Waals surface area contributed by atoms with Crippen molar-refractivity contribution in [1.29, 1.82) is 0 Å². The van der Waals surface area contributed by atoms with Crippen molar-refractivity contribution in [2.24, 2.45) is 5.41 Å². The Labute approximate surface area is 111 Å². The maximum absolute atomic E-state index is 5.54. The summed E-state index contributed by atoms with van der Waals surface area (Å²) >= 11 is 10.5. The van der Waals surface area contributed by atoms with Gasteiger partial charge in [0.2, 0.25) is 0 Å². The normalized spacial score (nSPS) is 12.0. The molecule has 5 heteroatoms. The molecular formula is C9H16Br3O2. The van der Waals surface area contributed by atoms with E-state index in [1.807, 2.05) is 6.92 Å². The fourth-order valence-corrected chi connectivity index (χ4v) is 4.01. The van der Waals surface area contributed by atoms with Gasteiger partial charge in [-0.05, 0) is 6.92 Å². The van der Waals surface area contributed by atoms with Crippen LogP contribution in [0.2, 0.25) is 0 Å². The number of hydrogen-bond acceptors (Lipinski definition) is 2. The molecule has 0 aliphatic heterocycles. The molecule has 0 heterocycles. The van der Waals surface area contributed by atoms with Crippen LogP contribution in [0, 0.1) is 12.0 Å². The van der Waals surface area contributed by atoms with Crippen molar-refractivity contribution in [3.63, 3.8) is 0 Å². The molecule has 14 heavy (non-hydrogen) atoms. The molecule has 0 aliphatic carbocycles. The van der Waals surface area contributed by atoms with Crippen LogP contribution >= 0.6 is 47.8 Å². The van der Waals surface area contributed by atoms with Crippen LogP contribution in [0.4, 0.5) is 0 Å². The summed E-state index contributed by atoms with van der Waals surface area (Å²) in [6.07, 6.45) is 0. The molecule has 0 rings (SSSR count). The first-order valence-corrected chi connectivity index (χ1v) is 7.76. The zero-order chi connectivity index (χ0) is 10.9. The zero-order valence-electron chi connectivity index (χ0n) is 8.27. The molecule has 0 unspecified atom stereocenters. The summed E-state index contributed by atoms with van der Waals surface area (Å²) in [7, 11) is 0. The van der Waals surface area contributed by atoms with Crippen LogP contribution in [0.25, 0.3) is 0 Å². The lowest BCUT2D eigenvalue weighted by molar-refractivity contribution is 0.0404. The van der Waals surface area contributed by atoms with Crippen LogP contribution in [0.3, 0.4) is 0 Å². The minimum Gasteiger partial charge on any atom is -0.378 e. The van der Waals surface area contributed by atoms with Gasteiger partial charge in [-0.25, -0.2) is 0 Å². The summed E-state index contributed by atoms with van der Waals surface area (Å²) in [5.41, 5.74) is 0.135. The molecule has 0 saturated carbocycles. The average Bonchev–Trinajstić information content (AvgIpc) is 2.24. The maximum Gasteiger partial charge on any atom is 0.0807 e. The van der Waals surface area contributed by atoms with Gasteiger partial charge in [-0.3, -0.25) is 0 Å². The van der Waals surface area contributed by atoms with Gasteiger partial charge in [0, 0.05) is 21.4 Å². The van der Waals surface area contributed by atoms with Crippen molar-refractivity contribution in [2.45, 2.75) is 6.92 Å². The third-order valence-electron chi connectivity index (χ3n) is 1.77. The maximum atomic E-state index is 5.54. The van der Waals surface area contributed by atoms with E-state index in [0.29, 0.717) is 13.2 Å². The van der Waals surface area contributed by atoms with E-state index >= 15 is 0 Å². The van der Waals surface area contributed by atoms with Crippen molar-refractivity contribution in [3.8, 4) is 0 Å². The van der Waals surface area contributed by atoms with Crippen molar-refractivity contribution in [3.05, 3.63) is 6.61 Å². The van der Waals surface area contributed by atoms with Crippen molar-refractivity contribution >= 4 is 47.8 Å². The molecular weight excluding hydrogens is 380 g/mol. The largest absolute Gasteiger partial charge is 0.378 e. The zero-order valence-corrected chi connectivity index (χ0v) is 13.0. The van der Waals surface area contributed by atoms with E-state index in [4.69, 9.17) is 9.47 Å². The molecule has 2 nitrogen and oxygen atoms in total. The average molecular weight is 396 g/mol. The fourth-order valence-electron chi connectivity index (χ4n) is 0.736. The molecule has 0 aromatic rings. The number of halogens is 3. The van der Waals surface area contributed by atoms with Gasteiger partial charge in [-0.15, -0.1) is 0 Å². The Hall–Kier alpha value is 1.36. The molecule has 0 bridgehead atoms. The van der Waals surface area contributed by atoms with Gasteiger partial charge in [0.25, 0.3) is 0 Å². The van der Waals surface area contributed by atoms with E-state index in [0.717, 1.165) is 22.6 Å². The summed E-state index contributed by atoms with van der Waals surface area (Å²) in [4.78, 5) is 0. The predicted octanol–water partition coefficient (Wildman–Crippen LogP) is 3.37. The summed E-state index contributed by atoms with van der Waals surface area (Å²) in [5.74, 6) is 0. The number of rotatable bonds is 9. The van der Waals surface area contributed by atoms with E-state index in [2.05, 4.69) is 47.8 Å². The Morgan fingerprint density at radius 1 is 1.07 bits per heavy atom. The Balaban J connectivity index is 3.61. The highest BCUT2D eigenvalue weighted by Crippen LogP contribution is 2.26. The van der Waals surface area contributed by atoms with Crippen molar-refractivity contribution in [2.75, 3.05) is 35.8 Å². The predicted molar refractivity (Wildman–Crippen MR) is 70.6 cm³/mol. The molecule has 0 N–H and O–H groups in total.